The summed E-state index contributed by atoms with van der Waals surface area (Å²) < 4.78 is 10.1. The number of carboxylic acid groups (broad SMARTS) is 2. The molecule has 0 unspecified atom stereocenters. The number of nitrogens with zero attached hydrogens (tertiary/aromatic N) is 9. The molecule has 0 saturated carbocycles. The second kappa shape index (κ2) is 64.9. The number of ketones is 2. The number of hydrogen-bond donors (Lipinski definition) is 3. The van der Waals surface area contributed by atoms with E-state index in [1.165, 1.54) is 46.4 Å². The van der Waals surface area contributed by atoms with E-state index in [0.29, 0.717) is 101 Å². The topological polar surface area (TPSA) is 297 Å². The number of carbonyl (C=O) groups is 9. The van der Waals surface area contributed by atoms with Crippen molar-refractivity contribution in [2.24, 2.45) is 0 Å². The molecule has 0 spiro atoms. The number of aromatic nitrogens is 3. The fraction of sp³-hybridized carbons (Fsp3) is 0.556. The number of carbonyl (C=O) groups excluding carboxylic acids is 7. The monoisotopic (exact) mass is 3460 g/mol. The Balaban J connectivity index is 0.000000239. The summed E-state index contributed by atoms with van der Waals surface area (Å²) >= 11 is 42.9. The zero-order valence-electron chi connectivity index (χ0n) is 79.6. The number of halogens is 16. The number of thiazole rings is 3. The number of piperidine rings is 3. The number of anilines is 1. The Labute approximate surface area is 964 Å². The van der Waals surface area contributed by atoms with Gasteiger partial charge in [0.2, 0.25) is 17.7 Å². The average Bonchev–Trinajstić information content (AvgIpc) is 1.52. The number of aromatic carboxylic acids is 1. The first kappa shape index (κ1) is 130. The van der Waals surface area contributed by atoms with Crippen LogP contribution in [0.2, 0.25) is 15.1 Å². The van der Waals surface area contributed by atoms with Crippen LogP contribution < -0.4 is 19.0 Å². The molecular weight excluding hydrogens is 3360 g/mol. The molecule has 6 saturated heterocycles. The summed E-state index contributed by atoms with van der Waals surface area (Å²) in [6.07, 6.45) is 3.25. The van der Waals surface area contributed by atoms with Crippen molar-refractivity contribution < 1.29 is 76.1 Å². The number of nitrogens with two attached hydrogens (primary N) is 1. The van der Waals surface area contributed by atoms with Crippen LogP contribution in [0.5, 0.6) is 0 Å². The van der Waals surface area contributed by atoms with Gasteiger partial charge in [0.25, 0.3) is 0 Å². The number of nitrogen functional groups attached to an aromatic ring is 1. The normalized spacial score (nSPS) is 17.6. The Bertz CT molecular complexity index is 5120. The van der Waals surface area contributed by atoms with E-state index in [2.05, 4.69) is 190 Å². The Morgan fingerprint density at radius 2 is 0.829 bits per heavy atom. The molecule has 3 aromatic heterocycles. The van der Waals surface area contributed by atoms with Crippen molar-refractivity contribution in [2.75, 3.05) is 58.2 Å². The van der Waals surface area contributed by atoms with Gasteiger partial charge in [-0.1, -0.05) is 124 Å². The first-order chi connectivity index (χ1) is 66.0. The quantitative estimate of drug-likeness (QED) is 0.0187. The molecule has 23 nitrogen and oxygen atoms in total. The van der Waals surface area contributed by atoms with Crippen LogP contribution in [0.4, 0.5) is 5.13 Å². The molecule has 3 aromatic carbocycles. The van der Waals surface area contributed by atoms with Crippen LogP contribution >= 0.6 is 239 Å². The van der Waals surface area contributed by atoms with E-state index < -0.39 is 74.8 Å². The van der Waals surface area contributed by atoms with Gasteiger partial charge in [-0.25, -0.2) is 34.1 Å². The molecule has 12 rings (SSSR count). The number of Topliss-reactive ketones (excluding diaryl/α,β-unsaturated/α-hetero) is 2. The van der Waals surface area contributed by atoms with Crippen LogP contribution in [-0.2, 0) is 70.7 Å². The van der Waals surface area contributed by atoms with E-state index in [1.54, 1.807) is 18.7 Å². The van der Waals surface area contributed by atoms with Gasteiger partial charge in [0, 0.05) is 233 Å². The number of esters is 2. The molecule has 59 heteroatoms. The molecule has 6 aliphatic heterocycles. The second-order valence-electron chi connectivity index (χ2n) is 35.2. The summed E-state index contributed by atoms with van der Waals surface area (Å²) in [5, 5.41) is 22.7. The van der Waals surface area contributed by atoms with Crippen molar-refractivity contribution in [2.45, 2.75) is 240 Å². The van der Waals surface area contributed by atoms with E-state index in [1.807, 2.05) is 96.4 Å². The van der Waals surface area contributed by atoms with Gasteiger partial charge in [-0.05, 0) is 162 Å². The van der Waals surface area contributed by atoms with E-state index in [4.69, 9.17) is 120 Å². The number of rotatable bonds is 36. The summed E-state index contributed by atoms with van der Waals surface area (Å²) in [4.78, 5) is 138. The maximum atomic E-state index is 13.4. The first-order valence-corrected chi connectivity index (χ1v) is 124. The van der Waals surface area contributed by atoms with Gasteiger partial charge in [0.1, 0.15) is 30.7 Å². The van der Waals surface area contributed by atoms with Crippen LogP contribution in [0.1, 0.15) is 240 Å². The number of likely N-dealkylation sites (tertiary alicyclic amines) is 6. The van der Waals surface area contributed by atoms with Gasteiger partial charge in [0.15, 0.2) is 16.7 Å². The van der Waals surface area contributed by atoms with Crippen LogP contribution in [0, 0.1) is 20.8 Å². The Kier molecular flexibility index (Phi) is 60.3. The summed E-state index contributed by atoms with van der Waals surface area (Å²) in [6.45, 7) is 29.7. The van der Waals surface area contributed by atoms with Gasteiger partial charge < -0.3 is 40.1 Å². The molecule has 3 atom stereocenters. The third kappa shape index (κ3) is 39.5. The van der Waals surface area contributed by atoms with E-state index >= 15 is 0 Å². The number of hydrogen-bond acceptors (Lipinski definition) is 21. The molecule has 6 aliphatic rings. The van der Waals surface area contributed by atoms with E-state index in [-0.39, 0.29) is 134 Å². The standard InChI is InChI=1S/C28H36ClN3O4S.C26H32ClN3O4S.C18H23ClN2O3.C9H14N2O2S.B17.I13/c1-5-36-28(35)27-26(17(2)3)30-24(37-27)15-23(33)22-8-9-25(34)32(22)20-10-12-31(13-11-20)16-19-6-7-21(29)18(4)14-19;1-15(2)24-25(26(33)34)35-22(28-24)13-21(31)20-6-7-23(32)30(20)18-8-10-29(11-9-18)14-17-4-5-19(27)16(3)12-17;1-12-10-13(2-3-15(12)19)11-20-8-6-14(7-9-20)21-16(18(23)24)4-5-17(21)22;1-4-13-8(12)7-6(5(2)3)11-9(10)14-7;1-10-15(11(2)3)17(14(8)9)16(12(4)5)13(6)7;1-8-10(4)12(6)13(7)11(5)9(2)3/h6-7,14,17,20,22H,5,8-13,15-16H2,1-4H3;4-5,12,15,18,20H,6-11,13-14H2,1-3H3,(H,33,34);2-3,10,14,16H,4-9,11H2,1H3,(H,23,24);5H,4H2,1-3H3,(H2,10,11);;/q;;;;;-1/t22-;20-;16-;;;/m111.../s1. The molecule has 0 aliphatic carbocycles. The maximum Gasteiger partial charge on any atom is 0 e. The summed E-state index contributed by atoms with van der Waals surface area (Å²) in [5.41, 5.74) is 14.4. The number of aryl methyl sites for hydroxylation is 3. The first-order valence-electron chi connectivity index (χ1n) is 45.3. The summed E-state index contributed by atoms with van der Waals surface area (Å²) in [5.74, 6) is -2.34. The SMILES string of the molecule is CCOC(=O)c1sc(CC(=O)[C@H]2CCC(=O)N2C2CCN(Cc3ccc(Cl)c(C)c3)CC2)nc1C(C)C.CCOC(=O)c1sc(N)nc1C(C)C.Cc1cc(CN2CCC(N3C(=O)CC[C@@H]3C(=O)Cc3nc(C(C)C)c(C(=O)O)s3)CC2)ccc1Cl.Cc1cc(CN2CCC(N3C(=O)CC[C@@H]3C(=O)O)CC2)ccc1Cl.I[I-]I(I)I(I)I(I)I(I)I(I)I.[B][B]B(B([B])[B])B(B([B])[B])B(B([B])[B])B([B])[B]. The number of carboxylic acids is 2. The smallest absolute Gasteiger partial charge is 0 e. The van der Waals surface area contributed by atoms with Crippen LogP contribution in [-0.4, -0.2) is 318 Å². The molecule has 9 heterocycles. The number of amides is 3. The van der Waals surface area contributed by atoms with Crippen LogP contribution in [0.3, 0.4) is 0 Å². The van der Waals surface area contributed by atoms with Gasteiger partial charge in [-0.2, -0.15) is 0 Å². The van der Waals surface area contributed by atoms with Gasteiger partial charge in [-0.3, -0.25) is 38.7 Å². The number of aliphatic carboxylic acids is 1. The van der Waals surface area contributed by atoms with Crippen molar-refractivity contribution in [3.63, 3.8) is 0 Å². The van der Waals surface area contributed by atoms with Crippen molar-refractivity contribution in [1.29, 1.82) is 0 Å². The number of ether oxygens (including phenoxy) is 2. The van der Waals surface area contributed by atoms with Gasteiger partial charge in [-0.15, -0.1) is 22.7 Å². The van der Waals surface area contributed by atoms with Gasteiger partial charge >= 0.3 is 207 Å². The molecule has 739 valence electrons. The van der Waals surface area contributed by atoms with Crippen molar-refractivity contribution in [3.05, 3.63) is 145 Å². The minimum Gasteiger partial charge on any atom is 0 e. The zero-order valence-corrected chi connectivity index (χ0v) is 112. The van der Waals surface area contributed by atoms with Gasteiger partial charge in [0.05, 0.1) is 55.2 Å². The third-order valence-corrected chi connectivity index (χ3v) is 772. The molecule has 3 amide bonds. The Morgan fingerprint density at radius 3 is 1.12 bits per heavy atom. The number of benzene rings is 3. The minimum absolute atomic E-state index is 0.00406. The molecule has 140 heavy (non-hydrogen) atoms. The Morgan fingerprint density at radius 1 is 0.500 bits per heavy atom. The summed E-state index contributed by atoms with van der Waals surface area (Å²) in [6, 6.07) is 17.0. The summed E-state index contributed by atoms with van der Waals surface area (Å²) in [7, 11) is 50.4. The minimum atomic E-state index is -1.01. The van der Waals surface area contributed by atoms with Crippen LogP contribution in [0.15, 0.2) is 54.6 Å². The second-order valence-corrected chi connectivity index (χ2v) is 300. The molecule has 4 N–H and O–H groups in total. The van der Waals surface area contributed by atoms with Crippen molar-refractivity contribution in [3.8, 4) is 0 Å². The predicted octanol–water partition coefficient (Wildman–Crippen LogP) is 15.7. The van der Waals surface area contributed by atoms with Crippen LogP contribution in [0.25, 0.3) is 0 Å². The molecule has 0 bridgehead atoms. The molecule has 19 radical (unpaired) electrons. The van der Waals surface area contributed by atoms with E-state index in [9.17, 15) is 53.4 Å². The Hall–Kier alpha value is 3.32. The molecule has 6 aromatic rings. The largest absolute Gasteiger partial charge is 0 e. The molecule has 6 fully saturated rings. The zero-order chi connectivity index (χ0) is 104. The fourth-order valence-corrected chi connectivity index (χ4v) is 1490. The van der Waals surface area contributed by atoms with Crippen molar-refractivity contribution in [1.82, 2.24) is 44.4 Å². The average molecular weight is 3460 g/mol. The fourth-order valence-electron chi connectivity index (χ4n) is 17.6. The molecular formula is C81H105B17Cl3I13N10O13S3-. The van der Waals surface area contributed by atoms with Crippen molar-refractivity contribution >= 4 is 418 Å². The van der Waals surface area contributed by atoms with E-state index in [0.717, 1.165) is 146 Å². The maximum absolute atomic E-state index is 13.4. The predicted molar refractivity (Wildman–Crippen MR) is 696 cm³/mol. The third-order valence-electron chi connectivity index (χ3n) is 24.3.